The largest absolute Gasteiger partial charge is 0.314 e. The Morgan fingerprint density at radius 2 is 2.00 bits per heavy atom. The van der Waals surface area contributed by atoms with Crippen LogP contribution in [0.25, 0.3) is 0 Å². The Hall–Kier alpha value is -1.26. The summed E-state index contributed by atoms with van der Waals surface area (Å²) in [4.78, 5) is 4.34. The number of aromatic nitrogens is 1. The van der Waals surface area contributed by atoms with Crippen molar-refractivity contribution in [1.82, 2.24) is 10.3 Å². The van der Waals surface area contributed by atoms with E-state index in [4.69, 9.17) is 0 Å². The van der Waals surface area contributed by atoms with Crippen LogP contribution in [0.4, 0.5) is 4.39 Å². The molecule has 0 aliphatic carbocycles. The number of nitrogens with zero attached hydrogens (tertiary/aromatic N) is 1. The molecule has 19 heavy (non-hydrogen) atoms. The maximum absolute atomic E-state index is 13.0. The monoisotopic (exact) mass is 278 g/mol. The predicted molar refractivity (Wildman–Crippen MR) is 78.1 cm³/mol. The highest BCUT2D eigenvalue weighted by Crippen LogP contribution is 2.21. The van der Waals surface area contributed by atoms with Gasteiger partial charge >= 0.3 is 0 Å². The highest BCUT2D eigenvalue weighted by Gasteiger charge is 2.14. The Kier molecular flexibility index (Phi) is 5.05. The molecule has 4 heteroatoms. The average Bonchev–Trinajstić information content (AvgIpc) is 2.88. The van der Waals surface area contributed by atoms with Crippen LogP contribution in [0.15, 0.2) is 35.2 Å². The standard InChI is InChI=1S/C15H19FN2S/c1-11(2)17-8-13(7-15-9-19-10-18-15)12-3-5-14(16)6-4-12/h3-6,9-11,13,17H,7-8H2,1-2H3. The minimum Gasteiger partial charge on any atom is -0.314 e. The van der Waals surface area contributed by atoms with Crippen LogP contribution >= 0.6 is 11.3 Å². The molecule has 102 valence electrons. The first kappa shape index (κ1) is 14.2. The summed E-state index contributed by atoms with van der Waals surface area (Å²) in [6.07, 6.45) is 0.884. The van der Waals surface area contributed by atoms with E-state index < -0.39 is 0 Å². The van der Waals surface area contributed by atoms with E-state index in [1.165, 1.54) is 12.1 Å². The Morgan fingerprint density at radius 1 is 1.26 bits per heavy atom. The molecule has 0 aliphatic heterocycles. The first-order valence-corrected chi connectivity index (χ1v) is 7.45. The fraction of sp³-hybridized carbons (Fsp3) is 0.400. The molecule has 1 atom stereocenters. The maximum Gasteiger partial charge on any atom is 0.123 e. The van der Waals surface area contributed by atoms with Gasteiger partial charge in [-0.3, -0.25) is 0 Å². The van der Waals surface area contributed by atoms with Gasteiger partial charge < -0.3 is 5.32 Å². The normalized spacial score (nSPS) is 12.8. The molecule has 1 aromatic heterocycles. The molecule has 2 nitrogen and oxygen atoms in total. The van der Waals surface area contributed by atoms with Crippen molar-refractivity contribution in [2.45, 2.75) is 32.2 Å². The third kappa shape index (κ3) is 4.40. The molecular formula is C15H19FN2S. The topological polar surface area (TPSA) is 24.9 Å². The third-order valence-corrected chi connectivity index (χ3v) is 3.69. The average molecular weight is 278 g/mol. The van der Waals surface area contributed by atoms with Crippen LogP contribution in [0, 0.1) is 5.82 Å². The van der Waals surface area contributed by atoms with Gasteiger partial charge in [-0.15, -0.1) is 11.3 Å². The number of halogens is 1. The molecule has 2 rings (SSSR count). The first-order valence-electron chi connectivity index (χ1n) is 6.51. The first-order chi connectivity index (χ1) is 9.15. The lowest BCUT2D eigenvalue weighted by molar-refractivity contribution is 0.523. The summed E-state index contributed by atoms with van der Waals surface area (Å²) >= 11 is 1.61. The Morgan fingerprint density at radius 3 is 2.58 bits per heavy atom. The zero-order valence-electron chi connectivity index (χ0n) is 11.3. The number of hydrogen-bond acceptors (Lipinski definition) is 3. The lowest BCUT2D eigenvalue weighted by Crippen LogP contribution is -2.29. The number of benzene rings is 1. The molecule has 2 aromatic rings. The number of rotatable bonds is 6. The summed E-state index contributed by atoms with van der Waals surface area (Å²) in [6.45, 7) is 5.13. The molecule has 1 unspecified atom stereocenters. The molecule has 0 spiro atoms. The highest BCUT2D eigenvalue weighted by molar-refractivity contribution is 7.07. The van der Waals surface area contributed by atoms with Crippen LogP contribution in [0.5, 0.6) is 0 Å². The Labute approximate surface area is 117 Å². The van der Waals surface area contributed by atoms with E-state index in [0.717, 1.165) is 24.2 Å². The third-order valence-electron chi connectivity index (χ3n) is 3.05. The summed E-state index contributed by atoms with van der Waals surface area (Å²) in [7, 11) is 0. The predicted octanol–water partition coefficient (Wildman–Crippen LogP) is 3.61. The molecule has 0 radical (unpaired) electrons. The lowest BCUT2D eigenvalue weighted by Gasteiger charge is -2.19. The number of nitrogens with one attached hydrogen (secondary N) is 1. The van der Waals surface area contributed by atoms with E-state index in [1.54, 1.807) is 11.3 Å². The van der Waals surface area contributed by atoms with Crippen molar-refractivity contribution in [2.75, 3.05) is 6.54 Å². The zero-order chi connectivity index (χ0) is 13.7. The van der Waals surface area contributed by atoms with Crippen molar-refractivity contribution in [3.05, 3.63) is 52.2 Å². The minimum absolute atomic E-state index is 0.187. The van der Waals surface area contributed by atoms with E-state index in [0.29, 0.717) is 12.0 Å². The van der Waals surface area contributed by atoms with Gasteiger partial charge in [0.1, 0.15) is 5.82 Å². The second-order valence-electron chi connectivity index (χ2n) is 5.00. The Balaban J connectivity index is 2.11. The summed E-state index contributed by atoms with van der Waals surface area (Å²) in [5.41, 5.74) is 4.11. The van der Waals surface area contributed by atoms with E-state index >= 15 is 0 Å². The minimum atomic E-state index is -0.187. The molecule has 1 aromatic carbocycles. The van der Waals surface area contributed by atoms with E-state index in [-0.39, 0.29) is 5.82 Å². The molecule has 0 saturated heterocycles. The molecule has 0 bridgehead atoms. The van der Waals surface area contributed by atoms with Crippen molar-refractivity contribution in [2.24, 2.45) is 0 Å². The van der Waals surface area contributed by atoms with Gasteiger partial charge in [-0.05, 0) is 24.1 Å². The van der Waals surface area contributed by atoms with Gasteiger partial charge in [-0.2, -0.15) is 0 Å². The molecule has 0 fully saturated rings. The maximum atomic E-state index is 13.0. The molecule has 0 amide bonds. The van der Waals surface area contributed by atoms with Crippen molar-refractivity contribution < 1.29 is 4.39 Å². The van der Waals surface area contributed by atoms with Crippen LogP contribution in [0.3, 0.4) is 0 Å². The molecule has 0 aliphatic rings. The zero-order valence-corrected chi connectivity index (χ0v) is 12.1. The van der Waals surface area contributed by atoms with E-state index in [1.807, 2.05) is 17.6 Å². The van der Waals surface area contributed by atoms with Crippen molar-refractivity contribution in [1.29, 1.82) is 0 Å². The molecule has 0 saturated carbocycles. The molecular weight excluding hydrogens is 259 g/mol. The Bertz CT molecular complexity index is 479. The lowest BCUT2D eigenvalue weighted by atomic mass is 9.94. The second kappa shape index (κ2) is 6.78. The van der Waals surface area contributed by atoms with Gasteiger partial charge in [0.15, 0.2) is 0 Å². The molecule has 1 N–H and O–H groups in total. The summed E-state index contributed by atoms with van der Waals surface area (Å²) in [5.74, 6) is 0.137. The van der Waals surface area contributed by atoms with Crippen molar-refractivity contribution in [3.8, 4) is 0 Å². The summed E-state index contributed by atoms with van der Waals surface area (Å²) in [5, 5.41) is 5.53. The van der Waals surface area contributed by atoms with Crippen LogP contribution in [0.2, 0.25) is 0 Å². The van der Waals surface area contributed by atoms with Crippen LogP contribution in [0.1, 0.15) is 31.0 Å². The van der Waals surface area contributed by atoms with Gasteiger partial charge in [0.25, 0.3) is 0 Å². The van der Waals surface area contributed by atoms with Gasteiger partial charge in [-0.25, -0.2) is 9.37 Å². The fourth-order valence-electron chi connectivity index (χ4n) is 2.01. The van der Waals surface area contributed by atoms with Gasteiger partial charge in [0.05, 0.1) is 11.2 Å². The van der Waals surface area contributed by atoms with Crippen LogP contribution in [-0.4, -0.2) is 17.6 Å². The van der Waals surface area contributed by atoms with E-state index in [2.05, 4.69) is 29.5 Å². The van der Waals surface area contributed by atoms with Gasteiger partial charge in [0, 0.05) is 23.9 Å². The highest BCUT2D eigenvalue weighted by atomic mass is 32.1. The van der Waals surface area contributed by atoms with Gasteiger partial charge in [-0.1, -0.05) is 26.0 Å². The fourth-order valence-corrected chi connectivity index (χ4v) is 2.58. The smallest absolute Gasteiger partial charge is 0.123 e. The molecule has 1 heterocycles. The second-order valence-corrected chi connectivity index (χ2v) is 5.71. The quantitative estimate of drug-likeness (QED) is 0.873. The van der Waals surface area contributed by atoms with E-state index in [9.17, 15) is 4.39 Å². The SMILES string of the molecule is CC(C)NCC(Cc1cscn1)c1ccc(F)cc1. The van der Waals surface area contributed by atoms with Crippen molar-refractivity contribution in [3.63, 3.8) is 0 Å². The number of thiazole rings is 1. The summed E-state index contributed by atoms with van der Waals surface area (Å²) < 4.78 is 13.0. The van der Waals surface area contributed by atoms with Crippen LogP contribution < -0.4 is 5.32 Å². The number of hydrogen-bond donors (Lipinski definition) is 1. The van der Waals surface area contributed by atoms with Crippen molar-refractivity contribution >= 4 is 11.3 Å². The van der Waals surface area contributed by atoms with Gasteiger partial charge in [0.2, 0.25) is 0 Å². The summed E-state index contributed by atoms with van der Waals surface area (Å²) in [6, 6.07) is 7.23. The van der Waals surface area contributed by atoms with Crippen LogP contribution in [-0.2, 0) is 6.42 Å².